The first kappa shape index (κ1) is 11.2. The average Bonchev–Trinajstić information content (AvgIpc) is 2.76. The quantitative estimate of drug-likeness (QED) is 0.822. The maximum Gasteiger partial charge on any atom is 0.231 e. The zero-order valence-electron chi connectivity index (χ0n) is 8.39. The number of aliphatic hydroxyl groups excluding tert-OH is 1. The second-order valence-corrected chi connectivity index (χ2v) is 5.19. The Morgan fingerprint density at radius 3 is 2.75 bits per heavy atom. The van der Waals surface area contributed by atoms with Crippen LogP contribution < -0.4 is 0 Å². The monoisotopic (exact) mass is 252 g/mol. The van der Waals surface area contributed by atoms with Crippen molar-refractivity contribution >= 4 is 40.1 Å². The lowest BCUT2D eigenvalue weighted by Gasteiger charge is -1.94. The van der Waals surface area contributed by atoms with E-state index in [1.807, 2.05) is 17.5 Å². The number of carbonyl (C=O) groups excluding carboxylic acids is 2. The first-order valence-corrected chi connectivity index (χ1v) is 6.21. The summed E-state index contributed by atoms with van der Waals surface area (Å²) in [7, 11) is 0. The zero-order valence-corrected chi connectivity index (χ0v) is 10.0. The first-order valence-electron chi connectivity index (χ1n) is 4.51. The van der Waals surface area contributed by atoms with Gasteiger partial charge in [0.05, 0.1) is 4.91 Å². The molecular formula is C11H8O3S2. The van der Waals surface area contributed by atoms with Crippen LogP contribution in [-0.2, 0) is 9.59 Å². The maximum absolute atomic E-state index is 11.5. The van der Waals surface area contributed by atoms with E-state index in [2.05, 4.69) is 0 Å². The van der Waals surface area contributed by atoms with Gasteiger partial charge in [0.1, 0.15) is 11.3 Å². The molecule has 0 spiro atoms. The van der Waals surface area contributed by atoms with Gasteiger partial charge in [0.15, 0.2) is 5.78 Å². The Morgan fingerprint density at radius 1 is 1.50 bits per heavy atom. The van der Waals surface area contributed by atoms with E-state index in [0.717, 1.165) is 16.6 Å². The van der Waals surface area contributed by atoms with E-state index in [1.165, 1.54) is 18.3 Å². The molecule has 0 unspecified atom stereocenters. The van der Waals surface area contributed by atoms with Crippen LogP contribution in [0.2, 0.25) is 0 Å². The minimum atomic E-state index is -0.399. The van der Waals surface area contributed by atoms with Gasteiger partial charge in [0, 0.05) is 4.88 Å². The van der Waals surface area contributed by atoms with E-state index in [4.69, 9.17) is 0 Å². The Bertz CT molecular complexity index is 509. The topological polar surface area (TPSA) is 54.4 Å². The Kier molecular flexibility index (Phi) is 2.98. The van der Waals surface area contributed by atoms with Crippen LogP contribution in [0.5, 0.6) is 0 Å². The van der Waals surface area contributed by atoms with Crippen LogP contribution >= 0.6 is 23.1 Å². The van der Waals surface area contributed by atoms with Crippen molar-refractivity contribution in [3.63, 3.8) is 0 Å². The molecule has 0 aliphatic carbocycles. The maximum atomic E-state index is 11.5. The highest BCUT2D eigenvalue weighted by molar-refractivity contribution is 8.18. The normalized spacial score (nSPS) is 18.6. The van der Waals surface area contributed by atoms with E-state index in [1.54, 1.807) is 6.08 Å². The summed E-state index contributed by atoms with van der Waals surface area (Å²) in [6.45, 7) is 1.28. The highest BCUT2D eigenvalue weighted by Gasteiger charge is 2.31. The number of aliphatic hydroxyl groups is 1. The summed E-state index contributed by atoms with van der Waals surface area (Å²) in [5.74, 6) is -0.597. The molecule has 5 heteroatoms. The lowest BCUT2D eigenvalue weighted by atomic mass is 10.1. The molecule has 0 saturated heterocycles. The number of Topliss-reactive ketones (excluding diaryl/α,β-unsaturated/α-hetero) is 1. The number of thioether (sulfide) groups is 1. The second-order valence-electron chi connectivity index (χ2n) is 3.19. The minimum Gasteiger partial charge on any atom is -0.506 e. The first-order chi connectivity index (χ1) is 7.59. The molecule has 0 amide bonds. The number of hydrogen-bond donors (Lipinski definition) is 1. The molecule has 0 fully saturated rings. The highest BCUT2D eigenvalue weighted by Crippen LogP contribution is 2.38. The molecule has 0 radical (unpaired) electrons. The van der Waals surface area contributed by atoms with Crippen LogP contribution in [0.15, 0.2) is 33.8 Å². The average molecular weight is 252 g/mol. The van der Waals surface area contributed by atoms with Crippen LogP contribution in [0.4, 0.5) is 0 Å². The third kappa shape index (κ3) is 1.96. The number of carbonyl (C=O) groups is 2. The number of hydrogen-bond acceptors (Lipinski definition) is 5. The third-order valence-corrected chi connectivity index (χ3v) is 3.79. The van der Waals surface area contributed by atoms with Gasteiger partial charge in [-0.3, -0.25) is 9.59 Å². The third-order valence-electron chi connectivity index (χ3n) is 2.05. The zero-order chi connectivity index (χ0) is 11.7. The highest BCUT2D eigenvalue weighted by atomic mass is 32.2. The van der Waals surface area contributed by atoms with E-state index >= 15 is 0 Å². The summed E-state index contributed by atoms with van der Waals surface area (Å²) >= 11 is 2.40. The molecule has 82 valence electrons. The van der Waals surface area contributed by atoms with Crippen molar-refractivity contribution in [2.45, 2.75) is 6.92 Å². The summed E-state index contributed by atoms with van der Waals surface area (Å²) in [4.78, 5) is 24.0. The molecule has 3 nitrogen and oxygen atoms in total. The van der Waals surface area contributed by atoms with Gasteiger partial charge in [0.25, 0.3) is 0 Å². The van der Waals surface area contributed by atoms with E-state index < -0.39 is 5.78 Å². The van der Waals surface area contributed by atoms with Gasteiger partial charge in [-0.05, 0) is 36.2 Å². The van der Waals surface area contributed by atoms with Crippen molar-refractivity contribution < 1.29 is 14.7 Å². The molecule has 0 saturated carbocycles. The minimum absolute atomic E-state index is 0.104. The van der Waals surface area contributed by atoms with Gasteiger partial charge in [-0.2, -0.15) is 0 Å². The molecule has 1 aliphatic heterocycles. The molecule has 0 bridgehead atoms. The molecule has 1 aliphatic rings. The molecule has 2 rings (SSSR count). The van der Waals surface area contributed by atoms with Crippen LogP contribution in [0, 0.1) is 0 Å². The van der Waals surface area contributed by atoms with Crippen molar-refractivity contribution in [2.24, 2.45) is 0 Å². The van der Waals surface area contributed by atoms with Gasteiger partial charge in [0.2, 0.25) is 5.12 Å². The molecular weight excluding hydrogens is 244 g/mol. The van der Waals surface area contributed by atoms with Crippen molar-refractivity contribution in [1.82, 2.24) is 0 Å². The standard InChI is InChI=1S/C11H8O3S2/c1-6(12)9-10(13)8(16-11(9)14)5-7-3-2-4-15-7/h2-5,13H,1H3/b8-5-. The molecule has 1 aromatic heterocycles. The Balaban J connectivity index is 2.41. The van der Waals surface area contributed by atoms with Crippen molar-refractivity contribution in [3.8, 4) is 0 Å². The summed E-state index contributed by atoms with van der Waals surface area (Å²) in [5, 5.41) is 11.3. The molecule has 1 aromatic rings. The van der Waals surface area contributed by atoms with Crippen molar-refractivity contribution in [1.29, 1.82) is 0 Å². The van der Waals surface area contributed by atoms with Crippen LogP contribution in [-0.4, -0.2) is 16.0 Å². The molecule has 16 heavy (non-hydrogen) atoms. The van der Waals surface area contributed by atoms with E-state index in [0.29, 0.717) is 4.91 Å². The largest absolute Gasteiger partial charge is 0.506 e. The fourth-order valence-electron chi connectivity index (χ4n) is 1.33. The van der Waals surface area contributed by atoms with Crippen LogP contribution in [0.3, 0.4) is 0 Å². The number of ketones is 1. The van der Waals surface area contributed by atoms with Gasteiger partial charge >= 0.3 is 0 Å². The molecule has 2 heterocycles. The summed E-state index contributed by atoms with van der Waals surface area (Å²) < 4.78 is 0. The summed E-state index contributed by atoms with van der Waals surface area (Å²) in [5.41, 5.74) is -0.104. The molecule has 0 aromatic carbocycles. The predicted molar refractivity (Wildman–Crippen MR) is 65.2 cm³/mol. The van der Waals surface area contributed by atoms with Gasteiger partial charge in [-0.15, -0.1) is 11.3 Å². The lowest BCUT2D eigenvalue weighted by molar-refractivity contribution is -0.116. The smallest absolute Gasteiger partial charge is 0.231 e. The fraction of sp³-hybridized carbons (Fsp3) is 0.0909. The Morgan fingerprint density at radius 2 is 2.25 bits per heavy atom. The van der Waals surface area contributed by atoms with Crippen LogP contribution in [0.25, 0.3) is 6.08 Å². The second kappa shape index (κ2) is 4.27. The van der Waals surface area contributed by atoms with Gasteiger partial charge in [-0.25, -0.2) is 0 Å². The molecule has 0 atom stereocenters. The van der Waals surface area contributed by atoms with E-state index in [9.17, 15) is 14.7 Å². The van der Waals surface area contributed by atoms with E-state index in [-0.39, 0.29) is 16.4 Å². The van der Waals surface area contributed by atoms with Crippen molar-refractivity contribution in [3.05, 3.63) is 38.6 Å². The number of thiophene rings is 1. The summed E-state index contributed by atoms with van der Waals surface area (Å²) in [6, 6.07) is 3.76. The lowest BCUT2D eigenvalue weighted by Crippen LogP contribution is -2.03. The summed E-state index contributed by atoms with van der Waals surface area (Å²) in [6.07, 6.45) is 1.71. The SMILES string of the molecule is CC(=O)C1=C(O)/C(=C/c2cccs2)SC1=O. The van der Waals surface area contributed by atoms with Gasteiger partial charge < -0.3 is 5.11 Å². The Labute approximate surface area is 100 Å². The predicted octanol–water partition coefficient (Wildman–Crippen LogP) is 2.76. The molecule has 1 N–H and O–H groups in total. The van der Waals surface area contributed by atoms with Crippen LogP contribution in [0.1, 0.15) is 11.8 Å². The number of rotatable bonds is 2. The fourth-order valence-corrected chi connectivity index (χ4v) is 2.99. The Hall–Kier alpha value is -1.33. The van der Waals surface area contributed by atoms with Crippen molar-refractivity contribution in [2.75, 3.05) is 0 Å². The van der Waals surface area contributed by atoms with Gasteiger partial charge in [-0.1, -0.05) is 6.07 Å².